The molecule has 0 aliphatic carbocycles. The molecule has 1 heterocycles. The maximum atomic E-state index is 10.8. The van der Waals surface area contributed by atoms with Gasteiger partial charge in [-0.05, 0) is 34.1 Å². The molecule has 0 atom stereocenters. The second kappa shape index (κ2) is 6.16. The van der Waals surface area contributed by atoms with Gasteiger partial charge in [-0.3, -0.25) is 10.1 Å². The summed E-state index contributed by atoms with van der Waals surface area (Å²) in [4.78, 5) is 14.3. The van der Waals surface area contributed by atoms with E-state index in [0.717, 1.165) is 4.47 Å². The number of rotatable bonds is 4. The SMILES string of the molecule is NNc1cc([N+](=O)[O-])cc(Oc2ccc(Br)cc2Br)n1. The summed E-state index contributed by atoms with van der Waals surface area (Å²) in [5.41, 5.74) is 2.09. The third kappa shape index (κ3) is 3.44. The first-order valence-corrected chi connectivity index (χ1v) is 6.84. The summed E-state index contributed by atoms with van der Waals surface area (Å²) in [7, 11) is 0. The second-order valence-electron chi connectivity index (χ2n) is 3.63. The number of hydrogen-bond donors (Lipinski definition) is 2. The monoisotopic (exact) mass is 402 g/mol. The molecule has 1 aromatic heterocycles. The number of anilines is 1. The van der Waals surface area contributed by atoms with Crippen molar-refractivity contribution in [3.63, 3.8) is 0 Å². The Hall–Kier alpha value is -1.71. The molecule has 0 aliphatic rings. The van der Waals surface area contributed by atoms with Crippen molar-refractivity contribution in [3.8, 4) is 11.6 Å². The molecule has 0 aliphatic heterocycles. The van der Waals surface area contributed by atoms with E-state index in [2.05, 4.69) is 42.3 Å². The number of aromatic nitrogens is 1. The van der Waals surface area contributed by atoms with Crippen LogP contribution in [0.25, 0.3) is 0 Å². The van der Waals surface area contributed by atoms with Crippen molar-refractivity contribution in [1.29, 1.82) is 0 Å². The zero-order chi connectivity index (χ0) is 14.7. The van der Waals surface area contributed by atoms with E-state index in [1.807, 2.05) is 0 Å². The fourth-order valence-electron chi connectivity index (χ4n) is 1.39. The van der Waals surface area contributed by atoms with Crippen molar-refractivity contribution in [3.05, 3.63) is 49.4 Å². The minimum Gasteiger partial charge on any atom is -0.438 e. The summed E-state index contributed by atoms with van der Waals surface area (Å²) in [6.07, 6.45) is 0. The normalized spacial score (nSPS) is 10.2. The number of nitrogens with one attached hydrogen (secondary N) is 1. The Morgan fingerprint density at radius 3 is 2.65 bits per heavy atom. The Morgan fingerprint density at radius 2 is 2.05 bits per heavy atom. The average molecular weight is 404 g/mol. The molecule has 20 heavy (non-hydrogen) atoms. The van der Waals surface area contributed by atoms with Crippen molar-refractivity contribution in [2.24, 2.45) is 5.84 Å². The van der Waals surface area contributed by atoms with Crippen LogP contribution in [0.2, 0.25) is 0 Å². The molecular formula is C11H8Br2N4O3. The second-order valence-corrected chi connectivity index (χ2v) is 5.40. The third-order valence-electron chi connectivity index (χ3n) is 2.25. The van der Waals surface area contributed by atoms with Crippen molar-refractivity contribution < 1.29 is 9.66 Å². The number of benzene rings is 1. The smallest absolute Gasteiger partial charge is 0.278 e. The van der Waals surface area contributed by atoms with Crippen LogP contribution in [0.4, 0.5) is 11.5 Å². The molecule has 1 aromatic carbocycles. The Kier molecular flexibility index (Phi) is 4.53. The predicted molar refractivity (Wildman–Crippen MR) is 80.6 cm³/mol. The van der Waals surface area contributed by atoms with Crippen molar-refractivity contribution in [1.82, 2.24) is 4.98 Å². The summed E-state index contributed by atoms with van der Waals surface area (Å²) in [6.45, 7) is 0. The Labute approximate surface area is 130 Å². The van der Waals surface area contributed by atoms with Gasteiger partial charge in [-0.2, -0.15) is 4.98 Å². The standard InChI is InChI=1S/C11H8Br2N4O3/c12-6-1-2-9(8(13)3-6)20-11-5-7(17(18)19)4-10(15-11)16-14/h1-5H,14H2,(H,15,16). The van der Waals surface area contributed by atoms with Gasteiger partial charge < -0.3 is 10.2 Å². The van der Waals surface area contributed by atoms with Gasteiger partial charge >= 0.3 is 0 Å². The van der Waals surface area contributed by atoms with Gasteiger partial charge in [0.2, 0.25) is 5.88 Å². The molecule has 0 spiro atoms. The number of ether oxygens (including phenoxy) is 1. The van der Waals surface area contributed by atoms with E-state index >= 15 is 0 Å². The number of nitrogen functional groups attached to an aromatic ring is 1. The number of halogens is 2. The summed E-state index contributed by atoms with van der Waals surface area (Å²) in [5, 5.41) is 10.8. The molecule has 7 nitrogen and oxygen atoms in total. The number of nitrogens with two attached hydrogens (primary N) is 1. The molecule has 0 bridgehead atoms. The highest BCUT2D eigenvalue weighted by Crippen LogP contribution is 2.33. The first-order chi connectivity index (χ1) is 9.49. The molecular weight excluding hydrogens is 396 g/mol. The summed E-state index contributed by atoms with van der Waals surface area (Å²) >= 11 is 6.65. The lowest BCUT2D eigenvalue weighted by atomic mass is 10.3. The Bertz CT molecular complexity index is 666. The molecule has 9 heteroatoms. The van der Waals surface area contributed by atoms with Crippen molar-refractivity contribution >= 4 is 43.4 Å². The average Bonchev–Trinajstić information content (AvgIpc) is 2.41. The van der Waals surface area contributed by atoms with Gasteiger partial charge in [0, 0.05) is 4.47 Å². The highest BCUT2D eigenvalue weighted by molar-refractivity contribution is 9.11. The van der Waals surface area contributed by atoms with E-state index in [1.165, 1.54) is 12.1 Å². The molecule has 0 saturated carbocycles. The first kappa shape index (κ1) is 14.7. The lowest BCUT2D eigenvalue weighted by Gasteiger charge is -2.08. The van der Waals surface area contributed by atoms with E-state index in [4.69, 9.17) is 10.6 Å². The van der Waals surface area contributed by atoms with Crippen LogP contribution in [0.1, 0.15) is 0 Å². The van der Waals surface area contributed by atoms with Gasteiger partial charge in [0.05, 0.1) is 21.5 Å². The van der Waals surface area contributed by atoms with Crippen molar-refractivity contribution in [2.75, 3.05) is 5.43 Å². The Balaban J connectivity index is 2.37. The van der Waals surface area contributed by atoms with E-state index < -0.39 is 4.92 Å². The summed E-state index contributed by atoms with van der Waals surface area (Å²) < 4.78 is 7.07. The minimum absolute atomic E-state index is 0.0650. The number of nitrogens with zero attached hydrogens (tertiary/aromatic N) is 2. The van der Waals surface area contributed by atoms with E-state index in [1.54, 1.807) is 18.2 Å². The largest absolute Gasteiger partial charge is 0.438 e. The summed E-state index contributed by atoms with van der Waals surface area (Å²) in [6, 6.07) is 7.69. The molecule has 0 saturated heterocycles. The lowest BCUT2D eigenvalue weighted by Crippen LogP contribution is -2.09. The number of nitro groups is 1. The van der Waals surface area contributed by atoms with Gasteiger partial charge in [0.1, 0.15) is 5.75 Å². The molecule has 0 unspecified atom stereocenters. The van der Waals surface area contributed by atoms with Gasteiger partial charge in [-0.25, -0.2) is 5.84 Å². The first-order valence-electron chi connectivity index (χ1n) is 5.25. The minimum atomic E-state index is -0.550. The van der Waals surface area contributed by atoms with Crippen LogP contribution in [0, 0.1) is 10.1 Å². The lowest BCUT2D eigenvalue weighted by molar-refractivity contribution is -0.384. The molecule has 2 rings (SSSR count). The number of hydrogen-bond acceptors (Lipinski definition) is 6. The van der Waals surface area contributed by atoms with Crippen LogP contribution in [-0.4, -0.2) is 9.91 Å². The van der Waals surface area contributed by atoms with Crippen LogP contribution < -0.4 is 16.0 Å². The predicted octanol–water partition coefficient (Wildman–Crippen LogP) is 3.59. The molecule has 2 aromatic rings. The van der Waals surface area contributed by atoms with Crippen LogP contribution in [-0.2, 0) is 0 Å². The van der Waals surface area contributed by atoms with Gasteiger partial charge in [0.15, 0.2) is 5.82 Å². The highest BCUT2D eigenvalue weighted by atomic mass is 79.9. The number of pyridine rings is 1. The Morgan fingerprint density at radius 1 is 1.30 bits per heavy atom. The molecule has 0 fully saturated rings. The van der Waals surface area contributed by atoms with Crippen LogP contribution in [0.3, 0.4) is 0 Å². The summed E-state index contributed by atoms with van der Waals surface area (Å²) in [5.74, 6) is 5.91. The maximum absolute atomic E-state index is 10.8. The zero-order valence-electron chi connectivity index (χ0n) is 9.84. The number of hydrazine groups is 1. The van der Waals surface area contributed by atoms with Crippen LogP contribution >= 0.6 is 31.9 Å². The fraction of sp³-hybridized carbons (Fsp3) is 0. The van der Waals surface area contributed by atoms with Crippen molar-refractivity contribution in [2.45, 2.75) is 0 Å². The van der Waals surface area contributed by atoms with E-state index in [-0.39, 0.29) is 17.4 Å². The van der Waals surface area contributed by atoms with E-state index in [9.17, 15) is 10.1 Å². The third-order valence-corrected chi connectivity index (χ3v) is 3.37. The fourth-order valence-corrected chi connectivity index (χ4v) is 2.52. The van der Waals surface area contributed by atoms with Crippen LogP contribution in [0.15, 0.2) is 39.3 Å². The molecule has 3 N–H and O–H groups in total. The molecule has 104 valence electrons. The topological polar surface area (TPSA) is 103 Å². The maximum Gasteiger partial charge on any atom is 0.278 e. The quantitative estimate of drug-likeness (QED) is 0.459. The van der Waals surface area contributed by atoms with Gasteiger partial charge in [0.25, 0.3) is 5.69 Å². The van der Waals surface area contributed by atoms with Gasteiger partial charge in [-0.1, -0.05) is 15.9 Å². The highest BCUT2D eigenvalue weighted by Gasteiger charge is 2.13. The van der Waals surface area contributed by atoms with E-state index in [0.29, 0.717) is 10.2 Å². The van der Waals surface area contributed by atoms with Crippen LogP contribution in [0.5, 0.6) is 11.6 Å². The zero-order valence-corrected chi connectivity index (χ0v) is 13.0. The van der Waals surface area contributed by atoms with Gasteiger partial charge in [-0.15, -0.1) is 0 Å². The molecule has 0 amide bonds. The molecule has 0 radical (unpaired) electrons.